The van der Waals surface area contributed by atoms with Gasteiger partial charge in [-0.25, -0.2) is 4.98 Å². The Balaban J connectivity index is 2.00. The van der Waals surface area contributed by atoms with Crippen LogP contribution in [-0.4, -0.2) is 28.1 Å². The van der Waals surface area contributed by atoms with Crippen molar-refractivity contribution in [3.8, 4) is 0 Å². The summed E-state index contributed by atoms with van der Waals surface area (Å²) in [4.78, 5) is 6.37. The molecule has 27 heavy (non-hydrogen) atoms. The van der Waals surface area contributed by atoms with E-state index in [4.69, 9.17) is 23.2 Å². The van der Waals surface area contributed by atoms with Crippen LogP contribution >= 0.6 is 23.2 Å². The second kappa shape index (κ2) is 9.86. The number of benzene rings is 2. The molecule has 0 amide bonds. The molecule has 0 bridgehead atoms. The molecule has 0 fully saturated rings. The Morgan fingerprint density at radius 1 is 0.852 bits per heavy atom. The lowest BCUT2D eigenvalue weighted by Gasteiger charge is -2.33. The molecular formula is C22H22Cl2N2O. The van der Waals surface area contributed by atoms with Gasteiger partial charge in [0.2, 0.25) is 0 Å². The number of hydrogen-bond donors (Lipinski definition) is 1. The topological polar surface area (TPSA) is 36.4 Å². The minimum absolute atomic E-state index is 0.0599. The van der Waals surface area contributed by atoms with Gasteiger partial charge in [-0.05, 0) is 35.2 Å². The zero-order valence-corrected chi connectivity index (χ0v) is 16.4. The van der Waals surface area contributed by atoms with Gasteiger partial charge in [-0.15, -0.1) is 0 Å². The normalized spacial score (nSPS) is 11.3. The monoisotopic (exact) mass is 400 g/mol. The van der Waals surface area contributed by atoms with Gasteiger partial charge in [-0.1, -0.05) is 83.9 Å². The van der Waals surface area contributed by atoms with Gasteiger partial charge in [-0.3, -0.25) is 4.90 Å². The highest BCUT2D eigenvalue weighted by molar-refractivity contribution is 6.32. The number of hydrogen-bond acceptors (Lipinski definition) is 3. The quantitative estimate of drug-likeness (QED) is 0.516. The predicted octanol–water partition coefficient (Wildman–Crippen LogP) is 5.36. The zero-order chi connectivity index (χ0) is 19.1. The highest BCUT2D eigenvalue weighted by Gasteiger charge is 2.22. The third-order valence-corrected chi connectivity index (χ3v) is 4.79. The molecule has 3 rings (SSSR count). The number of nitrogens with zero attached hydrogens (tertiary/aromatic N) is 2. The molecule has 0 radical (unpaired) electrons. The van der Waals surface area contributed by atoms with Crippen LogP contribution in [0.1, 0.15) is 29.2 Å². The van der Waals surface area contributed by atoms with Gasteiger partial charge in [0.05, 0.1) is 6.04 Å². The van der Waals surface area contributed by atoms with E-state index in [0.717, 1.165) is 12.1 Å². The Kier molecular flexibility index (Phi) is 7.25. The molecular weight excluding hydrogens is 379 g/mol. The molecule has 0 spiro atoms. The Morgan fingerprint density at radius 2 is 1.37 bits per heavy atom. The van der Waals surface area contributed by atoms with Crippen LogP contribution in [0, 0.1) is 0 Å². The van der Waals surface area contributed by atoms with E-state index < -0.39 is 0 Å². The first kappa shape index (κ1) is 19.8. The molecule has 1 aromatic heterocycles. The maximum Gasteiger partial charge on any atom is 0.131 e. The molecule has 3 nitrogen and oxygen atoms in total. The summed E-state index contributed by atoms with van der Waals surface area (Å²) in [5, 5.41) is 10.2. The van der Waals surface area contributed by atoms with Gasteiger partial charge in [0, 0.05) is 19.7 Å². The van der Waals surface area contributed by atoms with Crippen molar-refractivity contribution in [2.45, 2.75) is 19.0 Å². The second-order valence-electron chi connectivity index (χ2n) is 6.39. The van der Waals surface area contributed by atoms with Gasteiger partial charge < -0.3 is 5.11 Å². The van der Waals surface area contributed by atoms with Crippen LogP contribution in [0.5, 0.6) is 0 Å². The van der Waals surface area contributed by atoms with E-state index in [2.05, 4.69) is 58.4 Å². The van der Waals surface area contributed by atoms with Crippen molar-refractivity contribution in [3.05, 3.63) is 99.8 Å². The molecule has 0 saturated heterocycles. The smallest absolute Gasteiger partial charge is 0.131 e. The summed E-state index contributed by atoms with van der Waals surface area (Å²) in [5.74, 6) is 0. The number of pyridine rings is 1. The fourth-order valence-electron chi connectivity index (χ4n) is 3.30. The first-order valence-corrected chi connectivity index (χ1v) is 9.69. The van der Waals surface area contributed by atoms with Crippen LogP contribution in [0.15, 0.2) is 72.8 Å². The number of aliphatic hydroxyl groups excluding tert-OH is 1. The van der Waals surface area contributed by atoms with E-state index in [0.29, 0.717) is 23.3 Å². The lowest BCUT2D eigenvalue weighted by molar-refractivity contribution is 0.187. The van der Waals surface area contributed by atoms with Crippen LogP contribution in [-0.2, 0) is 6.54 Å². The molecule has 0 unspecified atom stereocenters. The second-order valence-corrected chi connectivity index (χ2v) is 7.17. The van der Waals surface area contributed by atoms with Gasteiger partial charge in [-0.2, -0.15) is 0 Å². The lowest BCUT2D eigenvalue weighted by atomic mass is 9.96. The molecule has 140 valence electrons. The summed E-state index contributed by atoms with van der Waals surface area (Å²) >= 11 is 12.2. The van der Waals surface area contributed by atoms with E-state index >= 15 is 0 Å². The van der Waals surface area contributed by atoms with Crippen molar-refractivity contribution in [2.24, 2.45) is 0 Å². The molecule has 0 aliphatic carbocycles. The first-order valence-electron chi connectivity index (χ1n) is 8.94. The maximum atomic E-state index is 9.41. The van der Waals surface area contributed by atoms with Gasteiger partial charge in [0.25, 0.3) is 0 Å². The Morgan fingerprint density at radius 3 is 1.85 bits per heavy atom. The van der Waals surface area contributed by atoms with Gasteiger partial charge in [0.15, 0.2) is 0 Å². The third kappa shape index (κ3) is 5.53. The van der Waals surface area contributed by atoms with E-state index in [1.54, 1.807) is 0 Å². The third-order valence-electron chi connectivity index (χ3n) is 4.41. The summed E-state index contributed by atoms with van der Waals surface area (Å²) in [6.07, 6.45) is 0.683. The SMILES string of the molecule is OCCCN(Cc1cc(Cl)nc(Cl)c1)C(c1ccccc1)c1ccccc1. The number of aliphatic hydroxyl groups is 1. The van der Waals surface area contributed by atoms with Crippen molar-refractivity contribution in [3.63, 3.8) is 0 Å². The van der Waals surface area contributed by atoms with Crippen LogP contribution in [0.3, 0.4) is 0 Å². The van der Waals surface area contributed by atoms with Crippen molar-refractivity contribution >= 4 is 23.2 Å². The molecule has 0 atom stereocenters. The summed E-state index contributed by atoms with van der Waals surface area (Å²) in [6, 6.07) is 24.5. The number of rotatable bonds is 8. The predicted molar refractivity (Wildman–Crippen MR) is 111 cm³/mol. The Hall–Kier alpha value is -1.91. The average molecular weight is 401 g/mol. The maximum absolute atomic E-state index is 9.41. The number of halogens is 2. The van der Waals surface area contributed by atoms with E-state index in [9.17, 15) is 5.11 Å². The highest BCUT2D eigenvalue weighted by Crippen LogP contribution is 2.30. The first-order chi connectivity index (χ1) is 13.2. The fraction of sp³-hybridized carbons (Fsp3) is 0.227. The van der Waals surface area contributed by atoms with E-state index in [-0.39, 0.29) is 12.6 Å². The van der Waals surface area contributed by atoms with Gasteiger partial charge in [0.1, 0.15) is 10.3 Å². The Labute approximate surface area is 170 Å². The van der Waals surface area contributed by atoms with Crippen molar-refractivity contribution in [1.29, 1.82) is 0 Å². The largest absolute Gasteiger partial charge is 0.396 e. The van der Waals surface area contributed by atoms with Crippen molar-refractivity contribution in [1.82, 2.24) is 9.88 Å². The molecule has 0 aliphatic heterocycles. The van der Waals surface area contributed by atoms with Crippen LogP contribution in [0.2, 0.25) is 10.3 Å². The minimum atomic E-state index is 0.0599. The summed E-state index contributed by atoms with van der Waals surface area (Å²) < 4.78 is 0. The summed E-state index contributed by atoms with van der Waals surface area (Å²) in [7, 11) is 0. The summed E-state index contributed by atoms with van der Waals surface area (Å²) in [6.45, 7) is 1.53. The van der Waals surface area contributed by atoms with E-state index in [1.807, 2.05) is 24.3 Å². The van der Waals surface area contributed by atoms with Crippen LogP contribution < -0.4 is 0 Å². The zero-order valence-electron chi connectivity index (χ0n) is 14.9. The molecule has 5 heteroatoms. The van der Waals surface area contributed by atoms with Crippen LogP contribution in [0.4, 0.5) is 0 Å². The fourth-order valence-corrected chi connectivity index (χ4v) is 3.80. The molecule has 0 aliphatic rings. The molecule has 1 N–H and O–H groups in total. The van der Waals surface area contributed by atoms with Crippen molar-refractivity contribution < 1.29 is 5.11 Å². The lowest BCUT2D eigenvalue weighted by Crippen LogP contribution is -2.31. The van der Waals surface area contributed by atoms with Crippen LogP contribution in [0.25, 0.3) is 0 Å². The molecule has 1 heterocycles. The summed E-state index contributed by atoms with van der Waals surface area (Å²) in [5.41, 5.74) is 3.40. The Bertz CT molecular complexity index is 784. The van der Waals surface area contributed by atoms with Crippen molar-refractivity contribution in [2.75, 3.05) is 13.2 Å². The molecule has 0 saturated carbocycles. The average Bonchev–Trinajstić information content (AvgIpc) is 2.67. The number of aromatic nitrogens is 1. The molecule has 3 aromatic rings. The highest BCUT2D eigenvalue weighted by atomic mass is 35.5. The van der Waals surface area contributed by atoms with E-state index in [1.165, 1.54) is 11.1 Å². The minimum Gasteiger partial charge on any atom is -0.396 e. The standard InChI is InChI=1S/C22H22Cl2N2O/c23-20-14-17(15-21(24)25-20)16-26(12-7-13-27)22(18-8-3-1-4-9-18)19-10-5-2-6-11-19/h1-6,8-11,14-15,22,27H,7,12-13,16H2. The van der Waals surface area contributed by atoms with Gasteiger partial charge >= 0.3 is 0 Å². The molecule has 2 aromatic carbocycles.